The van der Waals surface area contributed by atoms with Crippen LogP contribution in [0, 0.1) is 0 Å². The van der Waals surface area contributed by atoms with E-state index < -0.39 is 0 Å². The molecule has 0 unspecified atom stereocenters. The second-order valence-corrected chi connectivity index (χ2v) is 6.39. The van der Waals surface area contributed by atoms with E-state index in [1.54, 1.807) is 0 Å². The summed E-state index contributed by atoms with van der Waals surface area (Å²) in [6.07, 6.45) is 2.14. The second kappa shape index (κ2) is 8.73. The summed E-state index contributed by atoms with van der Waals surface area (Å²) in [5.41, 5.74) is 4.00. The van der Waals surface area contributed by atoms with Gasteiger partial charge in [-0.05, 0) is 50.7 Å². The largest absolute Gasteiger partial charge is 0.492 e. The van der Waals surface area contributed by atoms with Gasteiger partial charge in [-0.15, -0.1) is 12.4 Å². The van der Waals surface area contributed by atoms with Gasteiger partial charge in [-0.3, -0.25) is 0 Å². The summed E-state index contributed by atoms with van der Waals surface area (Å²) in [6.45, 7) is 5.28. The average Bonchev–Trinajstić information content (AvgIpc) is 3.00. The fourth-order valence-electron chi connectivity index (χ4n) is 3.00. The van der Waals surface area contributed by atoms with E-state index in [1.165, 1.54) is 16.8 Å². The standard InChI is InChI=1S/C17H27N3O2.ClH/c1-20(2)6-8-22-15-9-13-3-5-18-11-16(13)17(10-15)19-14-4-7-21-12-14;/h9-10,14,18-19H,3-8,11-12H2,1-2H3;1H/t14-;/m0./s1. The minimum Gasteiger partial charge on any atom is -0.492 e. The molecule has 1 saturated heterocycles. The van der Waals surface area contributed by atoms with E-state index in [-0.39, 0.29) is 12.4 Å². The van der Waals surface area contributed by atoms with Gasteiger partial charge in [-0.1, -0.05) is 0 Å². The first-order valence-electron chi connectivity index (χ1n) is 8.20. The van der Waals surface area contributed by atoms with Crippen molar-refractivity contribution in [1.82, 2.24) is 10.2 Å². The number of fused-ring (bicyclic) bond motifs is 1. The Balaban J connectivity index is 0.00000192. The molecule has 1 fully saturated rings. The topological polar surface area (TPSA) is 45.8 Å². The highest BCUT2D eigenvalue weighted by Gasteiger charge is 2.20. The van der Waals surface area contributed by atoms with Crippen LogP contribution in [0.25, 0.3) is 0 Å². The third-order valence-corrected chi connectivity index (χ3v) is 4.29. The molecule has 1 atom stereocenters. The van der Waals surface area contributed by atoms with Crippen molar-refractivity contribution in [1.29, 1.82) is 0 Å². The Bertz CT molecular complexity index is 505. The summed E-state index contributed by atoms with van der Waals surface area (Å²) < 4.78 is 11.4. The molecule has 1 aromatic carbocycles. The van der Waals surface area contributed by atoms with Gasteiger partial charge >= 0.3 is 0 Å². The van der Waals surface area contributed by atoms with Crippen LogP contribution >= 0.6 is 12.4 Å². The second-order valence-electron chi connectivity index (χ2n) is 6.39. The van der Waals surface area contributed by atoms with Crippen LogP contribution in [-0.2, 0) is 17.7 Å². The first-order valence-corrected chi connectivity index (χ1v) is 8.20. The van der Waals surface area contributed by atoms with Crippen molar-refractivity contribution in [3.05, 3.63) is 23.3 Å². The summed E-state index contributed by atoms with van der Waals surface area (Å²) in [5.74, 6) is 0.976. The molecule has 2 aliphatic rings. The molecule has 1 aromatic rings. The Morgan fingerprint density at radius 1 is 1.39 bits per heavy atom. The van der Waals surface area contributed by atoms with E-state index in [9.17, 15) is 0 Å². The van der Waals surface area contributed by atoms with Gasteiger partial charge in [-0.2, -0.15) is 0 Å². The van der Waals surface area contributed by atoms with E-state index in [0.29, 0.717) is 6.04 Å². The zero-order valence-electron chi connectivity index (χ0n) is 14.1. The Labute approximate surface area is 145 Å². The quantitative estimate of drug-likeness (QED) is 0.827. The number of benzene rings is 1. The third-order valence-electron chi connectivity index (χ3n) is 4.29. The summed E-state index contributed by atoms with van der Waals surface area (Å²) in [7, 11) is 4.13. The molecule has 0 aromatic heterocycles. The highest BCUT2D eigenvalue weighted by atomic mass is 35.5. The van der Waals surface area contributed by atoms with Crippen molar-refractivity contribution >= 4 is 18.1 Å². The van der Waals surface area contributed by atoms with Crippen molar-refractivity contribution in [2.75, 3.05) is 52.3 Å². The molecular formula is C17H28ClN3O2. The molecule has 5 nitrogen and oxygen atoms in total. The predicted octanol–water partition coefficient (Wildman–Crippen LogP) is 1.90. The Morgan fingerprint density at radius 3 is 3.00 bits per heavy atom. The highest BCUT2D eigenvalue weighted by molar-refractivity contribution is 5.85. The van der Waals surface area contributed by atoms with Gasteiger partial charge in [0.25, 0.3) is 0 Å². The van der Waals surface area contributed by atoms with Crippen molar-refractivity contribution in [3.63, 3.8) is 0 Å². The summed E-state index contributed by atoms with van der Waals surface area (Å²) in [6, 6.07) is 4.78. The fourth-order valence-corrected chi connectivity index (χ4v) is 3.00. The van der Waals surface area contributed by atoms with Crippen LogP contribution in [0.2, 0.25) is 0 Å². The van der Waals surface area contributed by atoms with E-state index in [2.05, 4.69) is 41.8 Å². The van der Waals surface area contributed by atoms with E-state index in [1.807, 2.05) is 0 Å². The SMILES string of the molecule is CN(C)CCOc1cc2c(c(N[C@H]3CCOC3)c1)CNCC2.Cl. The van der Waals surface area contributed by atoms with Crippen LogP contribution in [0.4, 0.5) is 5.69 Å². The molecule has 0 radical (unpaired) electrons. The minimum atomic E-state index is 0. The van der Waals surface area contributed by atoms with E-state index in [4.69, 9.17) is 9.47 Å². The molecular weight excluding hydrogens is 314 g/mol. The Kier molecular flexibility index (Phi) is 6.96. The number of anilines is 1. The zero-order chi connectivity index (χ0) is 15.4. The van der Waals surface area contributed by atoms with Crippen LogP contribution in [-0.4, -0.2) is 57.9 Å². The first-order chi connectivity index (χ1) is 10.7. The van der Waals surface area contributed by atoms with E-state index >= 15 is 0 Å². The van der Waals surface area contributed by atoms with Crippen LogP contribution < -0.4 is 15.4 Å². The van der Waals surface area contributed by atoms with E-state index in [0.717, 1.165) is 58.0 Å². The van der Waals surface area contributed by atoms with Crippen LogP contribution in [0.15, 0.2) is 12.1 Å². The number of likely N-dealkylation sites (N-methyl/N-ethyl adjacent to an activating group) is 1. The normalized spacial score (nSPS) is 20.0. The number of halogens is 1. The molecule has 130 valence electrons. The predicted molar refractivity (Wildman–Crippen MR) is 96.0 cm³/mol. The van der Waals surface area contributed by atoms with Crippen LogP contribution in [0.3, 0.4) is 0 Å². The third kappa shape index (κ3) is 4.98. The molecule has 0 saturated carbocycles. The molecule has 0 spiro atoms. The molecule has 3 rings (SSSR count). The van der Waals surface area contributed by atoms with Crippen LogP contribution in [0.5, 0.6) is 5.75 Å². The maximum atomic E-state index is 5.95. The fraction of sp³-hybridized carbons (Fsp3) is 0.647. The maximum absolute atomic E-state index is 5.95. The zero-order valence-corrected chi connectivity index (χ0v) is 14.9. The maximum Gasteiger partial charge on any atom is 0.121 e. The van der Waals surface area contributed by atoms with Crippen molar-refractivity contribution in [2.45, 2.75) is 25.4 Å². The molecule has 2 aliphatic heterocycles. The Hall–Kier alpha value is -1.01. The highest BCUT2D eigenvalue weighted by Crippen LogP contribution is 2.30. The number of hydrogen-bond donors (Lipinski definition) is 2. The lowest BCUT2D eigenvalue weighted by Gasteiger charge is -2.24. The van der Waals surface area contributed by atoms with Crippen molar-refractivity contribution in [3.8, 4) is 5.75 Å². The first kappa shape index (κ1) is 18.3. The lowest BCUT2D eigenvalue weighted by atomic mass is 9.98. The minimum absolute atomic E-state index is 0. The van der Waals surface area contributed by atoms with Gasteiger partial charge in [0, 0.05) is 31.5 Å². The van der Waals surface area contributed by atoms with Gasteiger partial charge in [0.1, 0.15) is 12.4 Å². The number of nitrogens with zero attached hydrogens (tertiary/aromatic N) is 1. The molecule has 0 bridgehead atoms. The van der Waals surface area contributed by atoms with Crippen LogP contribution in [0.1, 0.15) is 17.5 Å². The number of hydrogen-bond acceptors (Lipinski definition) is 5. The monoisotopic (exact) mass is 341 g/mol. The van der Waals surface area contributed by atoms with Crippen molar-refractivity contribution in [2.24, 2.45) is 0 Å². The molecule has 0 aliphatic carbocycles. The summed E-state index contributed by atoms with van der Waals surface area (Å²) in [4.78, 5) is 2.14. The van der Waals surface area contributed by atoms with Gasteiger partial charge in [0.15, 0.2) is 0 Å². The number of rotatable bonds is 6. The molecule has 23 heavy (non-hydrogen) atoms. The Morgan fingerprint density at radius 2 is 2.26 bits per heavy atom. The summed E-state index contributed by atoms with van der Waals surface area (Å²) >= 11 is 0. The summed E-state index contributed by atoms with van der Waals surface area (Å²) in [5, 5.41) is 7.12. The van der Waals surface area contributed by atoms with Gasteiger partial charge in [0.2, 0.25) is 0 Å². The van der Waals surface area contributed by atoms with Gasteiger partial charge in [0.05, 0.1) is 12.6 Å². The smallest absolute Gasteiger partial charge is 0.121 e. The lowest BCUT2D eigenvalue weighted by Crippen LogP contribution is -2.27. The van der Waals surface area contributed by atoms with Crippen molar-refractivity contribution < 1.29 is 9.47 Å². The molecule has 0 amide bonds. The average molecular weight is 342 g/mol. The number of ether oxygens (including phenoxy) is 2. The number of nitrogens with one attached hydrogen (secondary N) is 2. The lowest BCUT2D eigenvalue weighted by molar-refractivity contribution is 0.195. The molecule has 2 heterocycles. The molecule has 2 N–H and O–H groups in total. The molecule has 6 heteroatoms. The van der Waals surface area contributed by atoms with Gasteiger partial charge < -0.3 is 25.0 Å². The van der Waals surface area contributed by atoms with Gasteiger partial charge in [-0.25, -0.2) is 0 Å².